The minimum atomic E-state index is 0. The molecule has 0 aliphatic heterocycles. The van der Waals surface area contributed by atoms with Crippen molar-refractivity contribution in [1.29, 1.82) is 0 Å². The van der Waals surface area contributed by atoms with Gasteiger partial charge >= 0.3 is 0 Å². The molecule has 29 valence electrons. The summed E-state index contributed by atoms with van der Waals surface area (Å²) in [6, 6.07) is 0. The standard InChI is InChI=1S/Ag.Al.Pd.Zn.3H. The molecule has 0 aromatic carbocycles. The van der Waals surface area contributed by atoms with Gasteiger partial charge in [0.1, 0.15) is 0 Å². The summed E-state index contributed by atoms with van der Waals surface area (Å²) in [5.41, 5.74) is 0. The Bertz CT molecular complexity index is 8.00. The first-order chi connectivity index (χ1) is 0. The van der Waals surface area contributed by atoms with Gasteiger partial charge in [0.25, 0.3) is 0 Å². The fourth-order valence-corrected chi connectivity index (χ4v) is 0. The summed E-state index contributed by atoms with van der Waals surface area (Å²) in [5, 5.41) is 0. The van der Waals surface area contributed by atoms with Crippen LogP contribution in [0, 0.1) is 0 Å². The van der Waals surface area contributed by atoms with Crippen molar-refractivity contribution in [3.63, 3.8) is 0 Å². The van der Waals surface area contributed by atoms with Crippen LogP contribution in [0.2, 0.25) is 0 Å². The van der Waals surface area contributed by atoms with Crippen LogP contribution in [-0.4, -0.2) is 17.4 Å². The zero-order valence-electron chi connectivity index (χ0n) is 1.32. The monoisotopic (exact) mass is 307 g/mol. The SMILES string of the molecule is [Ag].[AlH3].[Pd].[Zn]. The van der Waals surface area contributed by atoms with Gasteiger partial charge in [-0.3, -0.25) is 0 Å². The second-order valence-electron chi connectivity index (χ2n) is 0. The van der Waals surface area contributed by atoms with E-state index in [9.17, 15) is 0 Å². The molecule has 0 nitrogen and oxygen atoms in total. The molecule has 0 fully saturated rings. The maximum atomic E-state index is 0. The van der Waals surface area contributed by atoms with E-state index >= 15 is 0 Å². The van der Waals surface area contributed by atoms with Gasteiger partial charge in [0.05, 0.1) is 0 Å². The first kappa shape index (κ1) is 31.0. The molecule has 0 atom stereocenters. The van der Waals surface area contributed by atoms with Crippen LogP contribution in [0.1, 0.15) is 0 Å². The maximum Gasteiger partial charge on any atom is 0.187 e. The fraction of sp³-hybridized carbons (Fsp3) is 0. The van der Waals surface area contributed by atoms with Gasteiger partial charge in [0.15, 0.2) is 17.4 Å². The smallest absolute Gasteiger partial charge is 0 e. The third-order valence-electron chi connectivity index (χ3n) is 0. The summed E-state index contributed by atoms with van der Waals surface area (Å²) in [5.74, 6) is 0. The van der Waals surface area contributed by atoms with E-state index in [0.29, 0.717) is 0 Å². The molecule has 4 heteroatoms. The summed E-state index contributed by atoms with van der Waals surface area (Å²) in [6.45, 7) is 0. The molecule has 0 heterocycles. The Hall–Kier alpha value is 2.56. The van der Waals surface area contributed by atoms with E-state index in [0.717, 1.165) is 0 Å². The molecule has 0 saturated heterocycles. The van der Waals surface area contributed by atoms with Gasteiger partial charge in [-0.15, -0.1) is 0 Å². The third-order valence-corrected chi connectivity index (χ3v) is 0. The molecule has 0 amide bonds. The minimum absolute atomic E-state index is 0. The van der Waals surface area contributed by atoms with Gasteiger partial charge in [-0.1, -0.05) is 0 Å². The molecule has 4 heavy (non-hydrogen) atoms. The minimum Gasteiger partial charge on any atom is 0 e. The van der Waals surface area contributed by atoms with E-state index in [1.165, 1.54) is 0 Å². The summed E-state index contributed by atoms with van der Waals surface area (Å²) in [7, 11) is 0. The number of hydrogen-bond donors (Lipinski definition) is 0. The van der Waals surface area contributed by atoms with Crippen molar-refractivity contribution in [2.45, 2.75) is 0 Å². The predicted molar refractivity (Wildman–Crippen MR) is 9.94 cm³/mol. The Morgan fingerprint density at radius 1 is 1.00 bits per heavy atom. The molecule has 0 aliphatic rings. The van der Waals surface area contributed by atoms with Crippen LogP contribution in [0.25, 0.3) is 0 Å². The van der Waals surface area contributed by atoms with Crippen LogP contribution < -0.4 is 0 Å². The molecule has 0 aromatic heterocycles. The van der Waals surface area contributed by atoms with Crippen molar-refractivity contribution in [3.8, 4) is 0 Å². The molecular formula is H3AgAlPdZn. The topological polar surface area (TPSA) is 0 Å². The van der Waals surface area contributed by atoms with Gasteiger partial charge in [0.2, 0.25) is 0 Å². The molecule has 0 spiro atoms. The van der Waals surface area contributed by atoms with E-state index in [1.807, 2.05) is 0 Å². The van der Waals surface area contributed by atoms with Crippen molar-refractivity contribution in [2.24, 2.45) is 0 Å². The van der Waals surface area contributed by atoms with Crippen molar-refractivity contribution >= 4 is 17.4 Å². The van der Waals surface area contributed by atoms with Crippen LogP contribution in [0.4, 0.5) is 0 Å². The summed E-state index contributed by atoms with van der Waals surface area (Å²) >= 11 is 0. The van der Waals surface area contributed by atoms with Crippen LogP contribution in [0.15, 0.2) is 0 Å². The van der Waals surface area contributed by atoms with Crippen LogP contribution >= 0.6 is 0 Å². The molecule has 0 N–H and O–H groups in total. The van der Waals surface area contributed by atoms with E-state index in [1.54, 1.807) is 0 Å². The first-order valence-electron chi connectivity index (χ1n) is 0. The van der Waals surface area contributed by atoms with Crippen molar-refractivity contribution in [1.82, 2.24) is 0 Å². The molecular weight excluding hydrogens is 307 g/mol. The average Bonchev–Trinajstić information content (AvgIpc) is 0. The Morgan fingerprint density at radius 2 is 1.00 bits per heavy atom. The zero-order valence-corrected chi connectivity index (χ0v) is 7.33. The fourth-order valence-electron chi connectivity index (χ4n) is 0. The normalized spacial score (nSPS) is 0. The Balaban J connectivity index is 0. The van der Waals surface area contributed by atoms with Crippen LogP contribution in [0.3, 0.4) is 0 Å². The molecule has 0 rings (SSSR count). The molecule has 1 radical (unpaired) electrons. The van der Waals surface area contributed by atoms with Gasteiger partial charge in [0, 0.05) is 62.3 Å². The Labute approximate surface area is 78.5 Å². The molecule has 0 unspecified atom stereocenters. The molecule has 0 aliphatic carbocycles. The number of rotatable bonds is 0. The third kappa shape index (κ3) is 8.82. The van der Waals surface area contributed by atoms with Crippen LogP contribution in [0.5, 0.6) is 0 Å². The van der Waals surface area contributed by atoms with Crippen molar-refractivity contribution < 1.29 is 62.3 Å². The molecule has 0 saturated carbocycles. The van der Waals surface area contributed by atoms with Gasteiger partial charge in [-0.25, -0.2) is 0 Å². The molecule has 0 bridgehead atoms. The quantitative estimate of drug-likeness (QED) is 0.494. The average molecular weight is 310 g/mol. The predicted octanol–water partition coefficient (Wildman–Crippen LogP) is -1.19. The van der Waals surface area contributed by atoms with E-state index < -0.39 is 0 Å². The second-order valence-corrected chi connectivity index (χ2v) is 0. The number of hydrogen-bond acceptors (Lipinski definition) is 0. The van der Waals surface area contributed by atoms with E-state index in [4.69, 9.17) is 0 Å². The van der Waals surface area contributed by atoms with Crippen molar-refractivity contribution in [3.05, 3.63) is 0 Å². The Kier molecular flexibility index (Phi) is 137. The van der Waals surface area contributed by atoms with Gasteiger partial charge in [-0.05, 0) is 0 Å². The van der Waals surface area contributed by atoms with Crippen LogP contribution in [-0.2, 0) is 62.3 Å². The van der Waals surface area contributed by atoms with Gasteiger partial charge < -0.3 is 0 Å². The van der Waals surface area contributed by atoms with E-state index in [-0.39, 0.29) is 79.6 Å². The largest absolute Gasteiger partial charge is 0.187 e. The second kappa shape index (κ2) is 17.6. The summed E-state index contributed by atoms with van der Waals surface area (Å²) in [6.07, 6.45) is 0. The van der Waals surface area contributed by atoms with Gasteiger partial charge in [-0.2, -0.15) is 0 Å². The first-order valence-corrected chi connectivity index (χ1v) is 0. The maximum absolute atomic E-state index is 0. The molecule has 0 aromatic rings. The van der Waals surface area contributed by atoms with E-state index in [2.05, 4.69) is 0 Å². The zero-order chi connectivity index (χ0) is 0. The van der Waals surface area contributed by atoms with Crippen molar-refractivity contribution in [2.75, 3.05) is 0 Å². The Morgan fingerprint density at radius 3 is 1.00 bits per heavy atom. The summed E-state index contributed by atoms with van der Waals surface area (Å²) in [4.78, 5) is 0. The summed E-state index contributed by atoms with van der Waals surface area (Å²) < 4.78 is 0.